The summed E-state index contributed by atoms with van der Waals surface area (Å²) in [5.74, 6) is 0.807. The molecule has 1 nitrogen and oxygen atoms in total. The fourth-order valence-electron chi connectivity index (χ4n) is 1.13. The second-order valence-electron chi connectivity index (χ2n) is 2.55. The molecule has 1 rings (SSSR count). The average molecular weight is 117 g/mol. The lowest BCUT2D eigenvalue weighted by molar-refractivity contribution is 0.105. The Morgan fingerprint density at radius 1 is 1.62 bits per heavy atom. The summed E-state index contributed by atoms with van der Waals surface area (Å²) in [6.07, 6.45) is 0. The third-order valence-corrected chi connectivity index (χ3v) is 1.54. The van der Waals surface area contributed by atoms with Crippen LogP contribution in [0, 0.1) is 5.92 Å². The summed E-state index contributed by atoms with van der Waals surface area (Å²) in [4.78, 5) is 2.13. The van der Waals surface area contributed by atoms with E-state index in [0.717, 1.165) is 19.0 Å². The highest BCUT2D eigenvalue weighted by atomic mass is 19.1. The number of hydrogen-bond acceptors (Lipinski definition) is 1. The number of halogens is 1. The van der Waals surface area contributed by atoms with Crippen LogP contribution in [0.5, 0.6) is 0 Å². The fraction of sp³-hybridized carbons (Fsp3) is 1.00. The first kappa shape index (κ1) is 6.02. The summed E-state index contributed by atoms with van der Waals surface area (Å²) < 4.78 is 11.5. The van der Waals surface area contributed by atoms with E-state index in [1.165, 1.54) is 0 Å². The molecule has 0 radical (unpaired) electrons. The number of rotatable bonds is 2. The van der Waals surface area contributed by atoms with Crippen LogP contribution in [0.2, 0.25) is 0 Å². The van der Waals surface area contributed by atoms with Crippen LogP contribution in [0.15, 0.2) is 0 Å². The summed E-state index contributed by atoms with van der Waals surface area (Å²) in [5.41, 5.74) is 0. The van der Waals surface area contributed by atoms with E-state index in [9.17, 15) is 4.39 Å². The lowest BCUT2D eigenvalue weighted by atomic mass is 10.0. The van der Waals surface area contributed by atoms with Gasteiger partial charge in [-0.2, -0.15) is 0 Å². The Morgan fingerprint density at radius 2 is 2.25 bits per heavy atom. The monoisotopic (exact) mass is 117 g/mol. The molecule has 0 aromatic rings. The molecule has 1 fully saturated rings. The Bertz CT molecular complexity index is 66.2. The maximum atomic E-state index is 11.5. The van der Waals surface area contributed by atoms with Crippen LogP contribution in [-0.2, 0) is 0 Å². The third kappa shape index (κ3) is 1.19. The molecule has 0 unspecified atom stereocenters. The number of alkyl halides is 1. The minimum absolute atomic E-state index is 0.188. The Morgan fingerprint density at radius 3 is 2.62 bits per heavy atom. The lowest BCUT2D eigenvalue weighted by Gasteiger charge is -2.36. The van der Waals surface area contributed by atoms with Gasteiger partial charge in [0.1, 0.15) is 6.67 Å². The number of nitrogens with zero attached hydrogens (tertiary/aromatic N) is 1. The van der Waals surface area contributed by atoms with E-state index in [2.05, 4.69) is 11.8 Å². The van der Waals surface area contributed by atoms with Gasteiger partial charge in [-0.15, -0.1) is 0 Å². The second kappa shape index (κ2) is 2.44. The van der Waals surface area contributed by atoms with E-state index in [1.807, 2.05) is 0 Å². The van der Waals surface area contributed by atoms with E-state index in [-0.39, 0.29) is 6.67 Å². The number of likely N-dealkylation sites (tertiary alicyclic amines) is 1. The van der Waals surface area contributed by atoms with Crippen molar-refractivity contribution in [2.45, 2.75) is 6.92 Å². The molecule has 0 N–H and O–H groups in total. The summed E-state index contributed by atoms with van der Waals surface area (Å²) in [5, 5.41) is 0. The van der Waals surface area contributed by atoms with Gasteiger partial charge in [0.15, 0.2) is 0 Å². The predicted molar refractivity (Wildman–Crippen MR) is 31.6 cm³/mol. The summed E-state index contributed by atoms with van der Waals surface area (Å²) >= 11 is 0. The highest BCUT2D eigenvalue weighted by molar-refractivity contribution is 4.74. The van der Waals surface area contributed by atoms with E-state index in [1.54, 1.807) is 0 Å². The van der Waals surface area contributed by atoms with Crippen LogP contribution < -0.4 is 0 Å². The third-order valence-electron chi connectivity index (χ3n) is 1.54. The van der Waals surface area contributed by atoms with E-state index >= 15 is 0 Å². The van der Waals surface area contributed by atoms with Crippen LogP contribution in [0.3, 0.4) is 0 Å². The Labute approximate surface area is 49.5 Å². The molecule has 1 aliphatic heterocycles. The summed E-state index contributed by atoms with van der Waals surface area (Å²) in [6.45, 7) is 4.85. The van der Waals surface area contributed by atoms with Crippen molar-refractivity contribution in [2.75, 3.05) is 26.3 Å². The molecular weight excluding hydrogens is 105 g/mol. The first-order chi connectivity index (χ1) is 3.83. The molecule has 2 heteroatoms. The van der Waals surface area contributed by atoms with E-state index in [0.29, 0.717) is 6.54 Å². The van der Waals surface area contributed by atoms with Crippen molar-refractivity contribution in [2.24, 2.45) is 5.92 Å². The molecule has 0 spiro atoms. The largest absolute Gasteiger partial charge is 0.300 e. The SMILES string of the molecule is CC1CN(CCF)C1. The Balaban J connectivity index is 1.98. The zero-order valence-electron chi connectivity index (χ0n) is 5.23. The van der Waals surface area contributed by atoms with Crippen LogP contribution in [-0.4, -0.2) is 31.2 Å². The standard InChI is InChI=1S/C6H12FN/c1-6-4-8(5-6)3-2-7/h6H,2-5H2,1H3. The van der Waals surface area contributed by atoms with Gasteiger partial charge in [-0.1, -0.05) is 6.92 Å². The van der Waals surface area contributed by atoms with Crippen LogP contribution >= 0.6 is 0 Å². The normalized spacial score (nSPS) is 23.2. The zero-order valence-corrected chi connectivity index (χ0v) is 5.23. The maximum absolute atomic E-state index is 11.5. The fourth-order valence-corrected chi connectivity index (χ4v) is 1.13. The Hall–Kier alpha value is -0.110. The van der Waals surface area contributed by atoms with E-state index in [4.69, 9.17) is 0 Å². The average Bonchev–Trinajstić information content (AvgIpc) is 1.64. The summed E-state index contributed by atoms with van der Waals surface area (Å²) in [6, 6.07) is 0. The maximum Gasteiger partial charge on any atom is 0.102 e. The molecule has 0 atom stereocenters. The van der Waals surface area contributed by atoms with E-state index < -0.39 is 0 Å². The quantitative estimate of drug-likeness (QED) is 0.519. The molecule has 0 saturated carbocycles. The summed E-state index contributed by atoms with van der Waals surface area (Å²) in [7, 11) is 0. The van der Waals surface area contributed by atoms with Gasteiger partial charge in [-0.05, 0) is 5.92 Å². The van der Waals surface area contributed by atoms with Crippen molar-refractivity contribution in [1.29, 1.82) is 0 Å². The van der Waals surface area contributed by atoms with Gasteiger partial charge in [0.2, 0.25) is 0 Å². The van der Waals surface area contributed by atoms with Crippen LogP contribution in [0.25, 0.3) is 0 Å². The Kier molecular flexibility index (Phi) is 1.84. The minimum atomic E-state index is -0.188. The molecule has 48 valence electrons. The molecule has 1 aliphatic rings. The van der Waals surface area contributed by atoms with Gasteiger partial charge in [-0.25, -0.2) is 4.39 Å². The van der Waals surface area contributed by atoms with Crippen molar-refractivity contribution in [1.82, 2.24) is 4.90 Å². The molecule has 8 heavy (non-hydrogen) atoms. The first-order valence-corrected chi connectivity index (χ1v) is 3.11. The molecular formula is C6H12FN. The molecule has 0 bridgehead atoms. The van der Waals surface area contributed by atoms with Crippen molar-refractivity contribution < 1.29 is 4.39 Å². The van der Waals surface area contributed by atoms with Crippen molar-refractivity contribution in [3.05, 3.63) is 0 Å². The van der Waals surface area contributed by atoms with Gasteiger partial charge in [0, 0.05) is 19.6 Å². The number of hydrogen-bond donors (Lipinski definition) is 0. The van der Waals surface area contributed by atoms with Crippen LogP contribution in [0.4, 0.5) is 4.39 Å². The molecule has 0 aromatic carbocycles. The smallest absolute Gasteiger partial charge is 0.102 e. The topological polar surface area (TPSA) is 3.24 Å². The predicted octanol–water partition coefficient (Wildman–Crippen LogP) is 0.908. The molecule has 0 aromatic heterocycles. The molecule has 1 heterocycles. The molecule has 1 saturated heterocycles. The van der Waals surface area contributed by atoms with Gasteiger partial charge in [0.05, 0.1) is 0 Å². The van der Waals surface area contributed by atoms with Gasteiger partial charge in [-0.3, -0.25) is 0 Å². The molecule has 0 aliphatic carbocycles. The first-order valence-electron chi connectivity index (χ1n) is 3.11. The van der Waals surface area contributed by atoms with Crippen molar-refractivity contribution in [3.63, 3.8) is 0 Å². The highest BCUT2D eigenvalue weighted by Crippen LogP contribution is 2.12. The van der Waals surface area contributed by atoms with Crippen molar-refractivity contribution in [3.8, 4) is 0 Å². The van der Waals surface area contributed by atoms with Gasteiger partial charge >= 0.3 is 0 Å². The highest BCUT2D eigenvalue weighted by Gasteiger charge is 2.20. The zero-order chi connectivity index (χ0) is 5.98. The van der Waals surface area contributed by atoms with Gasteiger partial charge < -0.3 is 4.90 Å². The minimum Gasteiger partial charge on any atom is -0.300 e. The van der Waals surface area contributed by atoms with Crippen LogP contribution in [0.1, 0.15) is 6.92 Å². The van der Waals surface area contributed by atoms with Gasteiger partial charge in [0.25, 0.3) is 0 Å². The second-order valence-corrected chi connectivity index (χ2v) is 2.55. The van der Waals surface area contributed by atoms with Crippen molar-refractivity contribution >= 4 is 0 Å². The molecule has 0 amide bonds. The lowest BCUT2D eigenvalue weighted by Crippen LogP contribution is -2.45.